The fourth-order valence-corrected chi connectivity index (χ4v) is 2.23. The monoisotopic (exact) mass is 298 g/mol. The Morgan fingerprint density at radius 2 is 1.83 bits per heavy atom. The van der Waals surface area contributed by atoms with E-state index in [0.29, 0.717) is 0 Å². The molecule has 2 aliphatic rings. The summed E-state index contributed by atoms with van der Waals surface area (Å²) in [6.07, 6.45) is 12.1. The Kier molecular flexibility index (Phi) is 2.99. The highest BCUT2D eigenvalue weighted by molar-refractivity contribution is 9.10. The lowest BCUT2D eigenvalue weighted by Crippen LogP contribution is -2.14. The number of halogens is 1. The van der Waals surface area contributed by atoms with E-state index in [0.717, 1.165) is 26.9 Å². The van der Waals surface area contributed by atoms with Gasteiger partial charge in [-0.2, -0.15) is 5.10 Å². The second-order valence-corrected chi connectivity index (χ2v) is 4.95. The van der Waals surface area contributed by atoms with Crippen LogP contribution in [-0.2, 0) is 0 Å². The van der Waals surface area contributed by atoms with E-state index in [9.17, 15) is 0 Å². The summed E-state index contributed by atoms with van der Waals surface area (Å²) in [5.74, 6) is 0. The molecule has 0 fully saturated rings. The Morgan fingerprint density at radius 3 is 2.67 bits per heavy atom. The van der Waals surface area contributed by atoms with Crippen LogP contribution in [0, 0.1) is 0 Å². The Hall–Kier alpha value is -1.87. The molecule has 3 rings (SSSR count). The van der Waals surface area contributed by atoms with Crippen LogP contribution >= 0.6 is 15.9 Å². The Morgan fingerprint density at radius 1 is 1.00 bits per heavy atom. The number of rotatable bonds is 1. The maximum atomic E-state index is 4.20. The van der Waals surface area contributed by atoms with Gasteiger partial charge in [0.05, 0.1) is 11.9 Å². The van der Waals surface area contributed by atoms with Gasteiger partial charge in [0, 0.05) is 21.2 Å². The van der Waals surface area contributed by atoms with Gasteiger partial charge in [0.2, 0.25) is 0 Å². The lowest BCUT2D eigenvalue weighted by atomic mass is 9.99. The smallest absolute Gasteiger partial charge is 0.0713 e. The molecular weight excluding hydrogens is 288 g/mol. The first kappa shape index (κ1) is 11.2. The minimum absolute atomic E-state index is 1.04. The molecule has 1 aliphatic heterocycles. The average Bonchev–Trinajstić information content (AvgIpc) is 2.64. The second kappa shape index (κ2) is 4.78. The van der Waals surface area contributed by atoms with Gasteiger partial charge >= 0.3 is 0 Å². The summed E-state index contributed by atoms with van der Waals surface area (Å²) in [5, 5.41) is 4.20. The first-order valence-corrected chi connectivity index (χ1v) is 6.48. The second-order valence-electron chi connectivity index (χ2n) is 4.03. The molecule has 0 saturated carbocycles. The standard InChI is InChI=1S/C15H11BrN2/c16-13-8-6-11(7-9-13)15-14-5-3-1-2-4-12(14)10-17-18-15/h1-10,18H. The van der Waals surface area contributed by atoms with Crippen LogP contribution in [0.5, 0.6) is 0 Å². The normalized spacial score (nSPS) is 17.1. The number of hydrogen-bond acceptors (Lipinski definition) is 2. The molecule has 1 aliphatic carbocycles. The van der Waals surface area contributed by atoms with E-state index < -0.39 is 0 Å². The molecule has 0 saturated heterocycles. The van der Waals surface area contributed by atoms with E-state index >= 15 is 0 Å². The maximum Gasteiger partial charge on any atom is 0.0713 e. The molecule has 1 heterocycles. The lowest BCUT2D eigenvalue weighted by molar-refractivity contribution is 0.980. The van der Waals surface area contributed by atoms with Crippen LogP contribution in [0.3, 0.4) is 0 Å². The van der Waals surface area contributed by atoms with Crippen LogP contribution in [0.15, 0.2) is 75.4 Å². The van der Waals surface area contributed by atoms with Crippen molar-refractivity contribution >= 4 is 27.8 Å². The van der Waals surface area contributed by atoms with Crippen LogP contribution in [-0.4, -0.2) is 6.21 Å². The summed E-state index contributed by atoms with van der Waals surface area (Å²) in [5.41, 5.74) is 7.55. The molecule has 1 aromatic carbocycles. The van der Waals surface area contributed by atoms with Gasteiger partial charge in [-0.1, -0.05) is 58.4 Å². The molecule has 0 atom stereocenters. The van der Waals surface area contributed by atoms with Crippen molar-refractivity contribution in [3.8, 4) is 0 Å². The molecule has 0 spiro atoms. The van der Waals surface area contributed by atoms with Crippen molar-refractivity contribution in [3.05, 3.63) is 75.8 Å². The zero-order valence-electron chi connectivity index (χ0n) is 9.60. The van der Waals surface area contributed by atoms with Crippen LogP contribution in [0.2, 0.25) is 0 Å². The molecule has 1 N–H and O–H groups in total. The first-order chi connectivity index (χ1) is 8.84. The van der Waals surface area contributed by atoms with Gasteiger partial charge in [-0.05, 0) is 12.1 Å². The van der Waals surface area contributed by atoms with Gasteiger partial charge in [-0.25, -0.2) is 0 Å². The molecule has 0 amide bonds. The van der Waals surface area contributed by atoms with Crippen LogP contribution < -0.4 is 5.43 Å². The summed E-state index contributed by atoms with van der Waals surface area (Å²) in [6.45, 7) is 0. The zero-order chi connectivity index (χ0) is 12.4. The summed E-state index contributed by atoms with van der Waals surface area (Å²) < 4.78 is 1.07. The van der Waals surface area contributed by atoms with Gasteiger partial charge in [0.25, 0.3) is 0 Å². The van der Waals surface area contributed by atoms with E-state index in [1.807, 2.05) is 36.6 Å². The third-order valence-electron chi connectivity index (χ3n) is 2.85. The number of fused-ring (bicyclic) bond motifs is 1. The summed E-state index contributed by atoms with van der Waals surface area (Å²) in [6, 6.07) is 8.21. The number of nitrogens with zero attached hydrogens (tertiary/aromatic N) is 1. The minimum Gasteiger partial charge on any atom is -0.277 e. The maximum absolute atomic E-state index is 4.20. The van der Waals surface area contributed by atoms with Gasteiger partial charge in [0.15, 0.2) is 0 Å². The molecule has 0 unspecified atom stereocenters. The third kappa shape index (κ3) is 2.09. The van der Waals surface area contributed by atoms with Crippen molar-refractivity contribution in [1.29, 1.82) is 0 Å². The molecule has 0 aromatic heterocycles. The fraction of sp³-hybridized carbons (Fsp3) is 0. The third-order valence-corrected chi connectivity index (χ3v) is 3.38. The van der Waals surface area contributed by atoms with Crippen LogP contribution in [0.25, 0.3) is 5.70 Å². The highest BCUT2D eigenvalue weighted by Crippen LogP contribution is 2.27. The first-order valence-electron chi connectivity index (χ1n) is 5.69. The summed E-state index contributed by atoms with van der Waals surface area (Å²) in [4.78, 5) is 0. The quantitative estimate of drug-likeness (QED) is 0.838. The van der Waals surface area contributed by atoms with Crippen molar-refractivity contribution in [2.75, 3.05) is 0 Å². The average molecular weight is 299 g/mol. The minimum atomic E-state index is 1.04. The molecule has 2 nitrogen and oxygen atoms in total. The zero-order valence-corrected chi connectivity index (χ0v) is 11.2. The highest BCUT2D eigenvalue weighted by atomic mass is 79.9. The summed E-state index contributed by atoms with van der Waals surface area (Å²) in [7, 11) is 0. The fourth-order valence-electron chi connectivity index (χ4n) is 1.96. The molecule has 1 aromatic rings. The summed E-state index contributed by atoms with van der Waals surface area (Å²) >= 11 is 3.45. The van der Waals surface area contributed by atoms with E-state index in [1.165, 1.54) is 0 Å². The number of allylic oxidation sites excluding steroid dienone is 7. The van der Waals surface area contributed by atoms with E-state index in [1.54, 1.807) is 0 Å². The van der Waals surface area contributed by atoms with Gasteiger partial charge in [0.1, 0.15) is 0 Å². The van der Waals surface area contributed by atoms with Crippen LogP contribution in [0.4, 0.5) is 0 Å². The Labute approximate surface area is 114 Å². The molecule has 0 bridgehead atoms. The predicted molar refractivity (Wildman–Crippen MR) is 79.1 cm³/mol. The number of benzene rings is 1. The van der Waals surface area contributed by atoms with E-state index in [2.05, 4.69) is 50.7 Å². The SMILES string of the molecule is Brc1ccc(C2=C3C=CC=CC=C3C=NN2)cc1. The molecule has 88 valence electrons. The molecule has 0 radical (unpaired) electrons. The Bertz CT molecular complexity index is 616. The van der Waals surface area contributed by atoms with E-state index in [4.69, 9.17) is 0 Å². The lowest BCUT2D eigenvalue weighted by Gasteiger charge is -2.17. The van der Waals surface area contributed by atoms with Crippen molar-refractivity contribution in [2.45, 2.75) is 0 Å². The number of hydrogen-bond donors (Lipinski definition) is 1. The number of nitrogens with one attached hydrogen (secondary N) is 1. The van der Waals surface area contributed by atoms with Crippen molar-refractivity contribution in [2.24, 2.45) is 5.10 Å². The van der Waals surface area contributed by atoms with Gasteiger partial charge in [-0.3, -0.25) is 5.43 Å². The predicted octanol–water partition coefficient (Wildman–Crippen LogP) is 3.80. The van der Waals surface area contributed by atoms with Crippen molar-refractivity contribution in [3.63, 3.8) is 0 Å². The topological polar surface area (TPSA) is 24.4 Å². The van der Waals surface area contributed by atoms with Crippen LogP contribution in [0.1, 0.15) is 5.56 Å². The Balaban J connectivity index is 2.12. The van der Waals surface area contributed by atoms with E-state index in [-0.39, 0.29) is 0 Å². The molecular formula is C15H11BrN2. The largest absolute Gasteiger partial charge is 0.277 e. The van der Waals surface area contributed by atoms with Gasteiger partial charge in [-0.15, -0.1) is 0 Å². The molecule has 18 heavy (non-hydrogen) atoms. The molecule has 3 heteroatoms. The van der Waals surface area contributed by atoms with Crippen molar-refractivity contribution in [1.82, 2.24) is 5.43 Å². The van der Waals surface area contributed by atoms with Crippen molar-refractivity contribution < 1.29 is 0 Å². The van der Waals surface area contributed by atoms with Gasteiger partial charge < -0.3 is 0 Å². The number of hydrazone groups is 1. The highest BCUT2D eigenvalue weighted by Gasteiger charge is 2.14.